The van der Waals surface area contributed by atoms with E-state index in [1.165, 1.54) is 11.8 Å². The van der Waals surface area contributed by atoms with Crippen molar-refractivity contribution < 1.29 is 4.79 Å². The fraction of sp³-hybridized carbons (Fsp3) is 0.438. The van der Waals surface area contributed by atoms with Crippen LogP contribution in [0, 0.1) is 0 Å². The largest absolute Gasteiger partial charge is 0.342 e. The summed E-state index contributed by atoms with van der Waals surface area (Å²) in [5.74, 6) is 0.952. The van der Waals surface area contributed by atoms with E-state index in [0.29, 0.717) is 5.02 Å². The Morgan fingerprint density at radius 3 is 2.52 bits per heavy atom. The molecule has 5 nitrogen and oxygen atoms in total. The van der Waals surface area contributed by atoms with E-state index >= 15 is 0 Å². The molecule has 0 radical (unpaired) electrons. The minimum Gasteiger partial charge on any atom is -0.342 e. The SMILES string of the molecule is C[C@@H](Sc1nnc(-c2ccc(Cl)cc2)n1C)C(=O)N1CCCC1. The molecule has 1 aromatic carbocycles. The first-order valence-corrected chi connectivity index (χ1v) is 8.93. The average Bonchev–Trinajstić information content (AvgIpc) is 3.19. The van der Waals surface area contributed by atoms with Crippen molar-refractivity contribution in [2.45, 2.75) is 30.2 Å². The van der Waals surface area contributed by atoms with E-state index in [2.05, 4.69) is 10.2 Å². The standard InChI is InChI=1S/C16H19ClN4OS/c1-11(15(22)21-9-3-4-10-21)23-16-19-18-14(20(16)2)12-5-7-13(17)8-6-12/h5-8,11H,3-4,9-10H2,1-2H3/t11-/m1/s1. The number of thioether (sulfide) groups is 1. The number of halogens is 1. The van der Waals surface area contributed by atoms with Gasteiger partial charge in [0, 0.05) is 30.7 Å². The predicted octanol–water partition coefficient (Wildman–Crippen LogP) is 3.24. The zero-order chi connectivity index (χ0) is 16.4. The summed E-state index contributed by atoms with van der Waals surface area (Å²) in [4.78, 5) is 14.3. The van der Waals surface area contributed by atoms with Gasteiger partial charge in [-0.2, -0.15) is 0 Å². The molecule has 122 valence electrons. The molecule has 1 aliphatic heterocycles. The van der Waals surface area contributed by atoms with Gasteiger partial charge in [-0.05, 0) is 44.0 Å². The van der Waals surface area contributed by atoms with Gasteiger partial charge in [-0.25, -0.2) is 0 Å². The summed E-state index contributed by atoms with van der Waals surface area (Å²) < 4.78 is 1.92. The number of amides is 1. The second kappa shape index (κ2) is 6.93. The molecule has 1 atom stereocenters. The van der Waals surface area contributed by atoms with Crippen molar-refractivity contribution in [3.8, 4) is 11.4 Å². The van der Waals surface area contributed by atoms with Crippen molar-refractivity contribution in [3.05, 3.63) is 29.3 Å². The number of nitrogens with zero attached hydrogens (tertiary/aromatic N) is 4. The lowest BCUT2D eigenvalue weighted by Crippen LogP contribution is -2.34. The number of hydrogen-bond acceptors (Lipinski definition) is 4. The predicted molar refractivity (Wildman–Crippen MR) is 92.6 cm³/mol. The first kappa shape index (κ1) is 16.3. The zero-order valence-electron chi connectivity index (χ0n) is 13.2. The number of aromatic nitrogens is 3. The minimum atomic E-state index is -0.158. The Kier molecular flexibility index (Phi) is 4.92. The minimum absolute atomic E-state index is 0.158. The van der Waals surface area contributed by atoms with Crippen LogP contribution in [-0.2, 0) is 11.8 Å². The Morgan fingerprint density at radius 2 is 1.87 bits per heavy atom. The first-order valence-electron chi connectivity index (χ1n) is 7.67. The van der Waals surface area contributed by atoms with Crippen molar-refractivity contribution in [2.75, 3.05) is 13.1 Å². The maximum absolute atomic E-state index is 12.4. The topological polar surface area (TPSA) is 51.0 Å². The van der Waals surface area contributed by atoms with E-state index in [-0.39, 0.29) is 11.2 Å². The molecule has 1 aliphatic rings. The van der Waals surface area contributed by atoms with E-state index in [1.807, 2.05) is 47.7 Å². The molecule has 1 aromatic heterocycles. The van der Waals surface area contributed by atoms with Gasteiger partial charge in [0.2, 0.25) is 5.91 Å². The highest BCUT2D eigenvalue weighted by Crippen LogP contribution is 2.27. The van der Waals surface area contributed by atoms with Crippen LogP contribution in [0.25, 0.3) is 11.4 Å². The second-order valence-corrected chi connectivity index (χ2v) is 7.41. The summed E-state index contributed by atoms with van der Waals surface area (Å²) in [6, 6.07) is 7.50. The van der Waals surface area contributed by atoms with Crippen LogP contribution in [0.2, 0.25) is 5.02 Å². The Labute approximate surface area is 145 Å². The third-order valence-electron chi connectivity index (χ3n) is 3.99. The summed E-state index contributed by atoms with van der Waals surface area (Å²) in [6.07, 6.45) is 2.21. The molecule has 1 fully saturated rings. The molecular formula is C16H19ClN4OS. The van der Waals surface area contributed by atoms with Crippen molar-refractivity contribution in [1.29, 1.82) is 0 Å². The summed E-state index contributed by atoms with van der Waals surface area (Å²) in [5, 5.41) is 9.76. The van der Waals surface area contributed by atoms with Crippen molar-refractivity contribution in [3.63, 3.8) is 0 Å². The Balaban J connectivity index is 1.74. The monoisotopic (exact) mass is 350 g/mol. The van der Waals surface area contributed by atoms with Crippen LogP contribution in [0.1, 0.15) is 19.8 Å². The van der Waals surface area contributed by atoms with Gasteiger partial charge in [0.1, 0.15) is 0 Å². The molecule has 0 bridgehead atoms. The van der Waals surface area contributed by atoms with E-state index in [4.69, 9.17) is 11.6 Å². The maximum atomic E-state index is 12.4. The molecule has 3 rings (SSSR count). The van der Waals surface area contributed by atoms with Crippen LogP contribution in [0.4, 0.5) is 0 Å². The lowest BCUT2D eigenvalue weighted by atomic mass is 10.2. The number of carbonyl (C=O) groups excluding carboxylic acids is 1. The van der Waals surface area contributed by atoms with Crippen LogP contribution in [0.5, 0.6) is 0 Å². The molecule has 2 aromatic rings. The fourth-order valence-corrected chi connectivity index (χ4v) is 3.70. The Morgan fingerprint density at radius 1 is 1.22 bits per heavy atom. The Hall–Kier alpha value is -1.53. The van der Waals surface area contributed by atoms with Gasteiger partial charge in [0.05, 0.1) is 5.25 Å². The molecule has 0 aliphatic carbocycles. The van der Waals surface area contributed by atoms with Crippen LogP contribution in [0.3, 0.4) is 0 Å². The van der Waals surface area contributed by atoms with Crippen LogP contribution < -0.4 is 0 Å². The van der Waals surface area contributed by atoms with Crippen LogP contribution in [-0.4, -0.2) is 43.9 Å². The second-order valence-electron chi connectivity index (χ2n) is 5.66. The van der Waals surface area contributed by atoms with Gasteiger partial charge in [-0.3, -0.25) is 4.79 Å². The van der Waals surface area contributed by atoms with Crippen molar-refractivity contribution in [1.82, 2.24) is 19.7 Å². The van der Waals surface area contributed by atoms with Gasteiger partial charge in [-0.15, -0.1) is 10.2 Å². The van der Waals surface area contributed by atoms with E-state index in [1.54, 1.807) is 0 Å². The highest BCUT2D eigenvalue weighted by atomic mass is 35.5. The summed E-state index contributed by atoms with van der Waals surface area (Å²) >= 11 is 7.38. The molecule has 0 unspecified atom stereocenters. The molecule has 23 heavy (non-hydrogen) atoms. The molecule has 7 heteroatoms. The van der Waals surface area contributed by atoms with Gasteiger partial charge in [-0.1, -0.05) is 23.4 Å². The number of likely N-dealkylation sites (tertiary alicyclic amines) is 1. The first-order chi connectivity index (χ1) is 11.1. The normalized spacial score (nSPS) is 15.9. The smallest absolute Gasteiger partial charge is 0.235 e. The molecule has 1 amide bonds. The lowest BCUT2D eigenvalue weighted by Gasteiger charge is -2.19. The summed E-state index contributed by atoms with van der Waals surface area (Å²) in [6.45, 7) is 3.68. The van der Waals surface area contributed by atoms with Crippen molar-refractivity contribution in [2.24, 2.45) is 7.05 Å². The van der Waals surface area contributed by atoms with Gasteiger partial charge >= 0.3 is 0 Å². The number of carbonyl (C=O) groups is 1. The van der Waals surface area contributed by atoms with E-state index in [0.717, 1.165) is 42.5 Å². The molecule has 0 spiro atoms. The highest BCUT2D eigenvalue weighted by Gasteiger charge is 2.25. The number of hydrogen-bond donors (Lipinski definition) is 0. The summed E-state index contributed by atoms with van der Waals surface area (Å²) in [7, 11) is 1.92. The third-order valence-corrected chi connectivity index (χ3v) is 5.36. The molecule has 0 N–H and O–H groups in total. The molecule has 2 heterocycles. The number of benzene rings is 1. The van der Waals surface area contributed by atoms with Crippen LogP contribution >= 0.6 is 23.4 Å². The van der Waals surface area contributed by atoms with Gasteiger partial charge in [0.15, 0.2) is 11.0 Å². The van der Waals surface area contributed by atoms with E-state index in [9.17, 15) is 4.79 Å². The molecule has 1 saturated heterocycles. The molecular weight excluding hydrogens is 332 g/mol. The average molecular weight is 351 g/mol. The number of rotatable bonds is 4. The van der Waals surface area contributed by atoms with E-state index < -0.39 is 0 Å². The van der Waals surface area contributed by atoms with Crippen molar-refractivity contribution >= 4 is 29.3 Å². The van der Waals surface area contributed by atoms with Gasteiger partial charge < -0.3 is 9.47 Å². The third kappa shape index (κ3) is 3.53. The van der Waals surface area contributed by atoms with Crippen LogP contribution in [0.15, 0.2) is 29.4 Å². The lowest BCUT2D eigenvalue weighted by molar-refractivity contribution is -0.129. The quantitative estimate of drug-likeness (QED) is 0.794. The highest BCUT2D eigenvalue weighted by molar-refractivity contribution is 8.00. The zero-order valence-corrected chi connectivity index (χ0v) is 14.8. The Bertz CT molecular complexity index is 695. The van der Waals surface area contributed by atoms with Gasteiger partial charge in [0.25, 0.3) is 0 Å². The maximum Gasteiger partial charge on any atom is 0.235 e. The summed E-state index contributed by atoms with van der Waals surface area (Å²) in [5.41, 5.74) is 0.953. The molecule has 0 saturated carbocycles. The fourth-order valence-electron chi connectivity index (χ4n) is 2.67.